The molecule has 0 amide bonds. The van der Waals surface area contributed by atoms with Crippen LogP contribution in [-0.4, -0.2) is 54.5 Å². The number of benzene rings is 1. The van der Waals surface area contributed by atoms with Crippen molar-refractivity contribution in [2.75, 3.05) is 25.5 Å². The first-order valence-corrected chi connectivity index (χ1v) is 11.3. The first kappa shape index (κ1) is 22.3. The third-order valence-electron chi connectivity index (χ3n) is 4.41. The smallest absolute Gasteiger partial charge is 0.330 e. The number of carboxylic acids is 1. The maximum Gasteiger partial charge on any atom is 0.330 e. The first-order chi connectivity index (χ1) is 13.4. The van der Waals surface area contributed by atoms with Gasteiger partial charge in [0.05, 0.1) is 0 Å². The van der Waals surface area contributed by atoms with E-state index in [1.165, 1.54) is 0 Å². The molecule has 1 aromatic carbocycles. The second kappa shape index (κ2) is 11.1. The summed E-state index contributed by atoms with van der Waals surface area (Å²) >= 11 is 0. The normalized spacial score (nSPS) is 18.4. The molecule has 1 unspecified atom stereocenters. The topological polar surface area (TPSA) is 119 Å². The van der Waals surface area contributed by atoms with Crippen molar-refractivity contribution < 1.29 is 33.3 Å². The number of carboxylic acid groups (broad SMARTS) is 1. The Labute approximate surface area is 164 Å². The molecule has 28 heavy (non-hydrogen) atoms. The molecular formula is C19H26NO7P. The number of aliphatic carboxylic acids is 1. The minimum absolute atomic E-state index is 0.0537. The van der Waals surface area contributed by atoms with Gasteiger partial charge < -0.3 is 19.7 Å². The van der Waals surface area contributed by atoms with Crippen LogP contribution in [0.25, 0.3) is 0 Å². The van der Waals surface area contributed by atoms with Crippen molar-refractivity contribution in [2.45, 2.75) is 38.1 Å². The second-order valence-corrected chi connectivity index (χ2v) is 9.40. The average molecular weight is 411 g/mol. The van der Waals surface area contributed by atoms with Crippen LogP contribution in [0.3, 0.4) is 0 Å². The molecule has 9 heteroatoms. The van der Waals surface area contributed by atoms with Gasteiger partial charge in [0.1, 0.15) is 12.2 Å². The fraction of sp³-hybridized carbons (Fsp3) is 0.526. The van der Waals surface area contributed by atoms with Crippen LogP contribution in [0.5, 0.6) is 0 Å². The van der Waals surface area contributed by atoms with Crippen LogP contribution in [0.15, 0.2) is 30.3 Å². The van der Waals surface area contributed by atoms with Crippen LogP contribution < -0.4 is 5.32 Å². The fourth-order valence-electron chi connectivity index (χ4n) is 2.99. The molecule has 0 saturated carbocycles. The van der Waals surface area contributed by atoms with Crippen molar-refractivity contribution in [3.63, 3.8) is 0 Å². The molecule has 0 aliphatic carbocycles. The number of nitrogens with one attached hydrogen (secondary N) is 1. The summed E-state index contributed by atoms with van der Waals surface area (Å²) in [4.78, 5) is 34.7. The molecule has 2 rings (SSSR count). The Morgan fingerprint density at radius 1 is 1.18 bits per heavy atom. The molecule has 0 bridgehead atoms. The van der Waals surface area contributed by atoms with Crippen molar-refractivity contribution in [1.29, 1.82) is 0 Å². The summed E-state index contributed by atoms with van der Waals surface area (Å²) in [7, 11) is -3.57. The highest BCUT2D eigenvalue weighted by molar-refractivity contribution is 7.59. The molecule has 1 aliphatic heterocycles. The van der Waals surface area contributed by atoms with Crippen LogP contribution in [-0.2, 0) is 34.6 Å². The lowest BCUT2D eigenvalue weighted by Gasteiger charge is -2.17. The van der Waals surface area contributed by atoms with E-state index in [2.05, 4.69) is 5.32 Å². The van der Waals surface area contributed by atoms with E-state index in [1.807, 2.05) is 30.3 Å². The van der Waals surface area contributed by atoms with Gasteiger partial charge in [0, 0.05) is 6.16 Å². The Balaban J connectivity index is 1.85. The zero-order valence-electron chi connectivity index (χ0n) is 15.7. The van der Waals surface area contributed by atoms with E-state index < -0.39 is 44.1 Å². The summed E-state index contributed by atoms with van der Waals surface area (Å²) in [6, 6.07) is 9.23. The number of carbonyl (C=O) groups is 3. The molecule has 2 N–H and O–H groups in total. The quantitative estimate of drug-likeness (QED) is 0.246. The number of hydrogen-bond acceptors (Lipinski definition) is 7. The maximum absolute atomic E-state index is 12.9. The lowest BCUT2D eigenvalue weighted by atomic mass is 10.1. The van der Waals surface area contributed by atoms with Gasteiger partial charge >= 0.3 is 17.9 Å². The summed E-state index contributed by atoms with van der Waals surface area (Å²) in [6.07, 6.45) is 2.83. The summed E-state index contributed by atoms with van der Waals surface area (Å²) in [5, 5.41) is 11.7. The Hall–Kier alpha value is -2.02. The molecule has 1 fully saturated rings. The Morgan fingerprint density at radius 2 is 1.93 bits per heavy atom. The molecule has 0 spiro atoms. The lowest BCUT2D eigenvalue weighted by molar-refractivity contribution is -0.159. The van der Waals surface area contributed by atoms with Gasteiger partial charge in [0.15, 0.2) is 6.61 Å². The van der Waals surface area contributed by atoms with E-state index in [-0.39, 0.29) is 6.16 Å². The number of unbranched alkanes of at least 4 members (excludes halogenated alkanes) is 1. The minimum Gasteiger partial charge on any atom is -0.480 e. The first-order valence-electron chi connectivity index (χ1n) is 9.34. The van der Waals surface area contributed by atoms with E-state index in [9.17, 15) is 18.9 Å². The number of hydrogen-bond donors (Lipinski definition) is 2. The van der Waals surface area contributed by atoms with Crippen LogP contribution in [0.2, 0.25) is 0 Å². The molecular weight excluding hydrogens is 385 g/mol. The number of carbonyl (C=O) groups excluding carboxylic acids is 2. The summed E-state index contributed by atoms with van der Waals surface area (Å²) < 4.78 is 22.8. The highest BCUT2D eigenvalue weighted by Crippen LogP contribution is 2.47. The summed E-state index contributed by atoms with van der Waals surface area (Å²) in [6.45, 7) is -0.0864. The van der Waals surface area contributed by atoms with Gasteiger partial charge in [-0.05, 0) is 44.2 Å². The molecule has 1 aliphatic rings. The molecule has 8 nitrogen and oxygen atoms in total. The summed E-state index contributed by atoms with van der Waals surface area (Å²) in [5.41, 5.74) is 1.14. The van der Waals surface area contributed by atoms with Crippen LogP contribution in [0.4, 0.5) is 0 Å². The van der Waals surface area contributed by atoms with E-state index >= 15 is 0 Å². The standard InChI is InChI=1S/C19H26NO7P/c21-17(22)13-26-28(25,12-5-4-9-15-7-2-1-3-8-15)14-18(23)27-19(24)16-10-6-11-20-16/h1-3,7-8,16,20H,4-6,9-14H2,(H,21,22)/t16-,28?/m0/s1. The van der Waals surface area contributed by atoms with Crippen molar-refractivity contribution in [3.8, 4) is 0 Å². The molecule has 154 valence electrons. The molecule has 2 atom stereocenters. The largest absolute Gasteiger partial charge is 0.480 e. The SMILES string of the molecule is O=C(O)COP(=O)(CCCCc1ccccc1)CC(=O)OC(=O)[C@@H]1CCCN1. The van der Waals surface area contributed by atoms with Crippen molar-refractivity contribution >= 4 is 25.3 Å². The minimum atomic E-state index is -3.57. The van der Waals surface area contributed by atoms with Gasteiger partial charge in [0.2, 0.25) is 7.37 Å². The van der Waals surface area contributed by atoms with Crippen LogP contribution >= 0.6 is 7.37 Å². The van der Waals surface area contributed by atoms with E-state index in [1.54, 1.807) is 0 Å². The maximum atomic E-state index is 12.9. The zero-order valence-corrected chi connectivity index (χ0v) is 16.6. The Kier molecular flexibility index (Phi) is 8.83. The predicted molar refractivity (Wildman–Crippen MR) is 102 cm³/mol. The van der Waals surface area contributed by atoms with Gasteiger partial charge in [-0.3, -0.25) is 9.36 Å². The summed E-state index contributed by atoms with van der Waals surface area (Å²) in [5.74, 6) is -2.92. The van der Waals surface area contributed by atoms with Gasteiger partial charge in [0.25, 0.3) is 0 Å². The van der Waals surface area contributed by atoms with E-state index in [0.29, 0.717) is 25.8 Å². The number of aryl methyl sites for hydroxylation is 1. The lowest BCUT2D eigenvalue weighted by Crippen LogP contribution is -2.34. The Morgan fingerprint density at radius 3 is 2.57 bits per heavy atom. The van der Waals surface area contributed by atoms with Crippen LogP contribution in [0.1, 0.15) is 31.2 Å². The molecule has 1 aromatic rings. The predicted octanol–water partition coefficient (Wildman–Crippen LogP) is 2.21. The van der Waals surface area contributed by atoms with Crippen molar-refractivity contribution in [2.24, 2.45) is 0 Å². The highest BCUT2D eigenvalue weighted by atomic mass is 31.2. The van der Waals surface area contributed by atoms with Gasteiger partial charge in [-0.25, -0.2) is 9.59 Å². The molecule has 1 heterocycles. The van der Waals surface area contributed by atoms with Gasteiger partial charge in [-0.1, -0.05) is 30.3 Å². The Bertz CT molecular complexity index is 716. The third kappa shape index (κ3) is 7.92. The third-order valence-corrected chi connectivity index (χ3v) is 6.75. The fourth-order valence-corrected chi connectivity index (χ4v) is 4.87. The van der Waals surface area contributed by atoms with E-state index in [4.69, 9.17) is 14.4 Å². The average Bonchev–Trinajstić information content (AvgIpc) is 3.19. The van der Waals surface area contributed by atoms with Gasteiger partial charge in [-0.2, -0.15) is 0 Å². The van der Waals surface area contributed by atoms with Gasteiger partial charge in [-0.15, -0.1) is 0 Å². The second-order valence-electron chi connectivity index (χ2n) is 6.75. The zero-order chi connectivity index (χ0) is 20.4. The number of ether oxygens (including phenoxy) is 1. The monoisotopic (exact) mass is 411 g/mol. The van der Waals surface area contributed by atoms with Crippen molar-refractivity contribution in [1.82, 2.24) is 5.32 Å². The molecule has 1 saturated heterocycles. The highest BCUT2D eigenvalue weighted by Gasteiger charge is 2.32. The number of rotatable bonds is 11. The molecule has 0 aromatic heterocycles. The number of esters is 2. The van der Waals surface area contributed by atoms with Crippen molar-refractivity contribution in [3.05, 3.63) is 35.9 Å². The van der Waals surface area contributed by atoms with E-state index in [0.717, 1.165) is 18.4 Å². The van der Waals surface area contributed by atoms with Crippen LogP contribution in [0, 0.1) is 0 Å². The molecule has 0 radical (unpaired) electrons.